The number of hydrogen-bond donors (Lipinski definition) is 1. The van der Waals surface area contributed by atoms with Crippen molar-refractivity contribution in [3.63, 3.8) is 0 Å². The van der Waals surface area contributed by atoms with Gasteiger partial charge in [-0.25, -0.2) is 9.37 Å². The third kappa shape index (κ3) is 6.76. The van der Waals surface area contributed by atoms with Crippen molar-refractivity contribution in [2.24, 2.45) is 0 Å². The number of nitrogens with zero attached hydrogens (tertiary/aromatic N) is 1. The lowest BCUT2D eigenvalue weighted by Crippen LogP contribution is -2.14. The number of H-pyrrole nitrogens is 1. The van der Waals surface area contributed by atoms with Crippen LogP contribution in [0.1, 0.15) is 18.1 Å². The summed E-state index contributed by atoms with van der Waals surface area (Å²) < 4.78 is 13.0. The molecule has 0 saturated heterocycles. The van der Waals surface area contributed by atoms with Gasteiger partial charge in [0.1, 0.15) is 5.82 Å². The van der Waals surface area contributed by atoms with Crippen LogP contribution in [0, 0.1) is 5.82 Å². The Morgan fingerprint density at radius 2 is 1.69 bits per heavy atom. The van der Waals surface area contributed by atoms with Gasteiger partial charge in [0, 0.05) is 0 Å². The van der Waals surface area contributed by atoms with Crippen molar-refractivity contribution in [2.45, 2.75) is 26.1 Å². The Labute approximate surface area is 173 Å². The molecule has 0 aliphatic rings. The Hall–Kier alpha value is -3.14. The minimum atomic E-state index is -0.170. The molecule has 4 aromatic rings. The van der Waals surface area contributed by atoms with Crippen LogP contribution < -0.4 is 5.46 Å². The average Bonchev–Trinajstić information content (AvgIpc) is 3.30. The zero-order chi connectivity index (χ0) is 20.3. The Kier molecular flexibility index (Phi) is 7.82. The van der Waals surface area contributed by atoms with E-state index in [0.717, 1.165) is 30.3 Å². The van der Waals surface area contributed by atoms with Crippen molar-refractivity contribution < 1.29 is 4.39 Å². The first-order chi connectivity index (χ1) is 14.2. The smallest absolute Gasteiger partial charge is 0.152 e. The fourth-order valence-electron chi connectivity index (χ4n) is 3.08. The minimum absolute atomic E-state index is 0.170. The lowest BCUT2D eigenvalue weighted by atomic mass is 9.66. The monoisotopic (exact) mass is 383 g/mol. The third-order valence-corrected chi connectivity index (χ3v) is 4.64. The molecule has 4 rings (SSSR count). The first kappa shape index (κ1) is 20.6. The highest BCUT2D eigenvalue weighted by molar-refractivity contribution is 6.53. The van der Waals surface area contributed by atoms with Gasteiger partial charge in [-0.2, -0.15) is 0 Å². The molecule has 0 fully saturated rings. The number of aromatic nitrogens is 2. The van der Waals surface area contributed by atoms with Crippen LogP contribution in [-0.2, 0) is 12.8 Å². The largest absolute Gasteiger partial charge is 0.345 e. The van der Waals surface area contributed by atoms with Crippen LogP contribution in [0.25, 0.3) is 11.3 Å². The van der Waals surface area contributed by atoms with Gasteiger partial charge >= 0.3 is 0 Å². The van der Waals surface area contributed by atoms with E-state index in [-0.39, 0.29) is 5.82 Å². The molecule has 1 heterocycles. The second kappa shape index (κ2) is 11.0. The number of imidazole rings is 1. The van der Waals surface area contributed by atoms with Crippen LogP contribution in [0.15, 0.2) is 91.4 Å². The summed E-state index contributed by atoms with van der Waals surface area (Å²) >= 11 is 0. The predicted octanol–water partition coefficient (Wildman–Crippen LogP) is 5.46. The molecule has 0 spiro atoms. The first-order valence-corrected chi connectivity index (χ1v) is 9.95. The van der Waals surface area contributed by atoms with E-state index in [1.807, 2.05) is 42.6 Å². The molecule has 145 valence electrons. The zero-order valence-corrected chi connectivity index (χ0v) is 16.7. The number of hydrogen-bond acceptors (Lipinski definition) is 1. The highest BCUT2D eigenvalue weighted by atomic mass is 19.1. The molecule has 2 nitrogen and oxygen atoms in total. The molecule has 0 aliphatic heterocycles. The van der Waals surface area contributed by atoms with Crippen molar-refractivity contribution >= 4 is 12.7 Å². The van der Waals surface area contributed by atoms with Gasteiger partial charge in [0.25, 0.3) is 0 Å². The number of nitrogens with one attached hydrogen (secondary N) is 1. The van der Waals surface area contributed by atoms with E-state index in [9.17, 15) is 4.39 Å². The number of benzene rings is 3. The lowest BCUT2D eigenvalue weighted by Gasteiger charge is -2.03. The van der Waals surface area contributed by atoms with E-state index in [0.29, 0.717) is 0 Å². The number of aryl methyl sites for hydroxylation is 2. The number of halogens is 1. The normalized spacial score (nSPS) is 10.1. The molecule has 1 radical (unpaired) electrons. The third-order valence-electron chi connectivity index (χ3n) is 4.64. The summed E-state index contributed by atoms with van der Waals surface area (Å²) in [4.78, 5) is 6.99. The van der Waals surface area contributed by atoms with Crippen LogP contribution in [0.4, 0.5) is 4.39 Å². The van der Waals surface area contributed by atoms with Gasteiger partial charge in [0.15, 0.2) is 7.28 Å². The predicted molar refractivity (Wildman–Crippen MR) is 120 cm³/mol. The van der Waals surface area contributed by atoms with Gasteiger partial charge < -0.3 is 4.98 Å². The van der Waals surface area contributed by atoms with E-state index in [2.05, 4.69) is 48.4 Å². The summed E-state index contributed by atoms with van der Waals surface area (Å²) in [5.74, 6) is -0.170. The Morgan fingerprint density at radius 3 is 2.41 bits per heavy atom. The van der Waals surface area contributed by atoms with Crippen LogP contribution >= 0.6 is 0 Å². The molecule has 1 aromatic heterocycles. The molecule has 4 heteroatoms. The summed E-state index contributed by atoms with van der Waals surface area (Å²) in [6.45, 7) is 2.16. The molecule has 0 atom stereocenters. The second-order valence-corrected chi connectivity index (χ2v) is 6.80. The topological polar surface area (TPSA) is 28.7 Å². The fraction of sp³-hybridized carbons (Fsp3) is 0.160. The first-order valence-electron chi connectivity index (χ1n) is 9.95. The van der Waals surface area contributed by atoms with Crippen molar-refractivity contribution in [3.8, 4) is 11.3 Å². The Bertz CT molecular complexity index is 985. The second-order valence-electron chi connectivity index (χ2n) is 6.80. The molecule has 0 unspecified atom stereocenters. The molecule has 0 saturated carbocycles. The molecule has 3 aromatic carbocycles. The maximum Gasteiger partial charge on any atom is 0.152 e. The summed E-state index contributed by atoms with van der Waals surface area (Å²) in [6.07, 6.45) is 6.51. The summed E-state index contributed by atoms with van der Waals surface area (Å²) in [5.41, 5.74) is 5.91. The molecule has 0 bridgehead atoms. The molecule has 0 amide bonds. The van der Waals surface area contributed by atoms with Crippen LogP contribution in [0.2, 0.25) is 6.32 Å². The maximum absolute atomic E-state index is 13.0. The van der Waals surface area contributed by atoms with Gasteiger partial charge in [-0.1, -0.05) is 85.4 Å². The standard InChI is InChI=1S/C16H17BF.C9H8N2/c1-2-13-5-3-6-14(11-13)9-10-17-15-7-4-8-16(18)12-15;1-2-4-8(5-3-1)9-6-10-7-11-9/h3-8,11-12H,2,9-10H2,1H3;1-7H,(H,10,11). The van der Waals surface area contributed by atoms with Crippen LogP contribution in [0.3, 0.4) is 0 Å². The number of rotatable bonds is 6. The highest BCUT2D eigenvalue weighted by Crippen LogP contribution is 2.13. The minimum Gasteiger partial charge on any atom is -0.345 e. The van der Waals surface area contributed by atoms with Crippen molar-refractivity contribution in [2.75, 3.05) is 0 Å². The van der Waals surface area contributed by atoms with E-state index >= 15 is 0 Å². The van der Waals surface area contributed by atoms with Crippen molar-refractivity contribution in [1.82, 2.24) is 9.97 Å². The van der Waals surface area contributed by atoms with Gasteiger partial charge in [0.2, 0.25) is 0 Å². The summed E-state index contributed by atoms with van der Waals surface area (Å²) in [5, 5.41) is 0. The molecule has 29 heavy (non-hydrogen) atoms. The summed E-state index contributed by atoms with van der Waals surface area (Å²) in [7, 11) is 2.09. The quantitative estimate of drug-likeness (QED) is 0.441. The Morgan fingerprint density at radius 1 is 0.897 bits per heavy atom. The van der Waals surface area contributed by atoms with E-state index in [1.54, 1.807) is 18.5 Å². The zero-order valence-electron chi connectivity index (χ0n) is 16.7. The van der Waals surface area contributed by atoms with Crippen LogP contribution in [-0.4, -0.2) is 17.2 Å². The van der Waals surface area contributed by atoms with Gasteiger partial charge in [-0.15, -0.1) is 0 Å². The Balaban J connectivity index is 0.000000186. The number of aromatic amines is 1. The summed E-state index contributed by atoms with van der Waals surface area (Å²) in [6, 6.07) is 25.5. The van der Waals surface area contributed by atoms with E-state index < -0.39 is 0 Å². The maximum atomic E-state index is 13.0. The van der Waals surface area contributed by atoms with Crippen LogP contribution in [0.5, 0.6) is 0 Å². The van der Waals surface area contributed by atoms with Gasteiger partial charge in [-0.05, 0) is 41.7 Å². The van der Waals surface area contributed by atoms with Gasteiger partial charge in [0.05, 0.1) is 18.2 Å². The van der Waals surface area contributed by atoms with E-state index in [4.69, 9.17) is 0 Å². The van der Waals surface area contributed by atoms with E-state index in [1.165, 1.54) is 22.8 Å². The van der Waals surface area contributed by atoms with Gasteiger partial charge in [-0.3, -0.25) is 0 Å². The fourth-order valence-corrected chi connectivity index (χ4v) is 3.08. The average molecular weight is 383 g/mol. The van der Waals surface area contributed by atoms with Crippen molar-refractivity contribution in [1.29, 1.82) is 0 Å². The highest BCUT2D eigenvalue weighted by Gasteiger charge is 2.00. The molecular weight excluding hydrogens is 358 g/mol. The van der Waals surface area contributed by atoms with Crippen molar-refractivity contribution in [3.05, 3.63) is 108 Å². The lowest BCUT2D eigenvalue weighted by molar-refractivity contribution is 0.629. The molecular formula is C25H25BFN2. The molecule has 0 aliphatic carbocycles. The SMILES string of the molecule is CCc1cccc(CC[B]c2cccc(F)c2)c1.c1ccc(-c2cnc[nH]2)cc1. The molecule has 1 N–H and O–H groups in total.